The second-order valence-electron chi connectivity index (χ2n) is 8.23. The number of esters is 1. The first-order valence-corrected chi connectivity index (χ1v) is 12.0. The molecular weight excluding hydrogens is 465 g/mol. The number of hydrogen-bond donors (Lipinski definition) is 0. The number of hydrogen-bond acceptors (Lipinski definition) is 5. The Labute approximate surface area is 202 Å². The summed E-state index contributed by atoms with van der Waals surface area (Å²) in [6.07, 6.45) is -1.99. The highest BCUT2D eigenvalue weighted by Crippen LogP contribution is 2.36. The molecule has 1 unspecified atom stereocenters. The zero-order valence-electron chi connectivity index (χ0n) is 19.5. The molecule has 1 aliphatic carbocycles. The van der Waals surface area contributed by atoms with Crippen molar-refractivity contribution >= 4 is 17.7 Å². The van der Waals surface area contributed by atoms with Crippen molar-refractivity contribution in [3.05, 3.63) is 59.2 Å². The lowest BCUT2D eigenvalue weighted by Gasteiger charge is -2.23. The number of allylic oxidation sites excluding steroid dienone is 2. The van der Waals surface area contributed by atoms with E-state index in [1.165, 1.54) is 6.08 Å². The Bertz CT molecular complexity index is 1030. The summed E-state index contributed by atoms with van der Waals surface area (Å²) in [7, 11) is 0. The molecule has 0 aliphatic heterocycles. The number of carbonyl (C=O) groups excluding carboxylic acids is 1. The van der Waals surface area contributed by atoms with Crippen LogP contribution in [0.15, 0.2) is 57.8 Å². The van der Waals surface area contributed by atoms with E-state index in [0.717, 1.165) is 20.9 Å². The van der Waals surface area contributed by atoms with Gasteiger partial charge in [0.05, 0.1) is 13.2 Å². The number of carbonyl (C=O) groups is 1. The summed E-state index contributed by atoms with van der Waals surface area (Å²) in [5.74, 6) is 1.04. The smallest absolute Gasteiger partial charge is 0.412 e. The van der Waals surface area contributed by atoms with Gasteiger partial charge in [-0.15, -0.1) is 0 Å². The highest BCUT2D eigenvalue weighted by Gasteiger charge is 2.35. The minimum absolute atomic E-state index is 0.0538. The average Bonchev–Trinajstić information content (AvgIpc) is 2.78. The topological polar surface area (TPSA) is 44.8 Å². The van der Waals surface area contributed by atoms with Crippen LogP contribution in [0.4, 0.5) is 13.2 Å². The van der Waals surface area contributed by atoms with Crippen molar-refractivity contribution in [3.63, 3.8) is 0 Å². The van der Waals surface area contributed by atoms with Crippen LogP contribution in [0.3, 0.4) is 0 Å². The van der Waals surface area contributed by atoms with Gasteiger partial charge >= 0.3 is 12.1 Å². The van der Waals surface area contributed by atoms with Crippen LogP contribution >= 0.6 is 11.8 Å². The Morgan fingerprint density at radius 1 is 1.09 bits per heavy atom. The van der Waals surface area contributed by atoms with Gasteiger partial charge in [-0.25, -0.2) is 4.79 Å². The van der Waals surface area contributed by atoms with E-state index in [1.807, 2.05) is 50.2 Å². The highest BCUT2D eigenvalue weighted by molar-refractivity contribution is 7.99. The number of halogens is 3. The Kier molecular flexibility index (Phi) is 8.94. The van der Waals surface area contributed by atoms with Gasteiger partial charge in [0.2, 0.25) is 0 Å². The molecule has 8 heteroatoms. The van der Waals surface area contributed by atoms with Gasteiger partial charge in [-0.1, -0.05) is 17.8 Å². The van der Waals surface area contributed by atoms with E-state index in [1.54, 1.807) is 18.7 Å². The molecule has 1 atom stereocenters. The molecule has 0 aromatic heterocycles. The molecule has 2 aromatic carbocycles. The third kappa shape index (κ3) is 7.45. The first-order valence-electron chi connectivity index (χ1n) is 11.2. The van der Waals surface area contributed by atoms with Gasteiger partial charge in [-0.2, -0.15) is 13.2 Å². The summed E-state index contributed by atoms with van der Waals surface area (Å²) in [5, 5.41) is 0. The van der Waals surface area contributed by atoms with Crippen LogP contribution in [0.1, 0.15) is 37.3 Å². The Hall–Kier alpha value is -2.61. The molecule has 0 spiro atoms. The lowest BCUT2D eigenvalue weighted by molar-refractivity contribution is -0.145. The molecule has 3 rings (SSSR count). The van der Waals surface area contributed by atoms with Crippen molar-refractivity contribution in [2.75, 3.05) is 19.8 Å². The van der Waals surface area contributed by atoms with Crippen LogP contribution in [-0.4, -0.2) is 32.0 Å². The van der Waals surface area contributed by atoms with Crippen molar-refractivity contribution in [2.24, 2.45) is 5.92 Å². The van der Waals surface area contributed by atoms with Crippen molar-refractivity contribution in [2.45, 2.75) is 56.0 Å². The second-order valence-corrected chi connectivity index (χ2v) is 9.34. The van der Waals surface area contributed by atoms with Crippen LogP contribution in [0.25, 0.3) is 0 Å². The first kappa shape index (κ1) is 26.0. The second kappa shape index (κ2) is 11.7. The molecule has 34 heavy (non-hydrogen) atoms. The Morgan fingerprint density at radius 3 is 2.50 bits per heavy atom. The van der Waals surface area contributed by atoms with Crippen LogP contribution in [-0.2, 0) is 9.53 Å². The fraction of sp³-hybridized carbons (Fsp3) is 0.423. The van der Waals surface area contributed by atoms with Crippen LogP contribution in [0.5, 0.6) is 11.5 Å². The minimum Gasteiger partial charge on any atom is -0.493 e. The molecule has 0 N–H and O–H groups in total. The lowest BCUT2D eigenvalue weighted by Crippen LogP contribution is -2.20. The summed E-state index contributed by atoms with van der Waals surface area (Å²) in [6.45, 7) is 6.27. The van der Waals surface area contributed by atoms with E-state index >= 15 is 0 Å². The maximum absolute atomic E-state index is 12.8. The summed E-state index contributed by atoms with van der Waals surface area (Å²) in [4.78, 5) is 13.6. The van der Waals surface area contributed by atoms with Crippen molar-refractivity contribution in [3.8, 4) is 11.5 Å². The molecule has 184 valence electrons. The molecule has 1 aliphatic rings. The van der Waals surface area contributed by atoms with E-state index in [9.17, 15) is 18.0 Å². The fourth-order valence-corrected chi connectivity index (χ4v) is 4.63. The zero-order valence-corrected chi connectivity index (χ0v) is 20.4. The molecule has 4 nitrogen and oxygen atoms in total. The zero-order chi connectivity index (χ0) is 24.7. The highest BCUT2D eigenvalue weighted by atomic mass is 32.2. The Balaban J connectivity index is 1.54. The molecule has 2 aromatic rings. The summed E-state index contributed by atoms with van der Waals surface area (Å²) < 4.78 is 54.6. The van der Waals surface area contributed by atoms with Gasteiger partial charge in [-0.05, 0) is 93.5 Å². The molecule has 0 bridgehead atoms. The van der Waals surface area contributed by atoms with Gasteiger partial charge in [0, 0.05) is 15.4 Å². The van der Waals surface area contributed by atoms with Crippen molar-refractivity contribution in [1.29, 1.82) is 0 Å². The van der Waals surface area contributed by atoms with Gasteiger partial charge in [0.25, 0.3) is 0 Å². The number of aryl methyl sites for hydroxylation is 2. The summed E-state index contributed by atoms with van der Waals surface area (Å²) in [5.41, 5.74) is 1.54. The molecule has 0 amide bonds. The first-order chi connectivity index (χ1) is 16.2. The van der Waals surface area contributed by atoms with Crippen LogP contribution < -0.4 is 9.47 Å². The standard InChI is InChI=1S/C26H29F3O4S/c1-4-31-25(30)16-33-23-11-10-22(14-17(23)2)34-24-12-9-21(13-18(24)3)32-15-19-5-7-20(8-6-19)26(27,28)29/h7,9-14,19H,4-6,8,15-16H2,1-3H3. The SMILES string of the molecule is CCOC(=O)COc1ccc(Sc2ccc(OCC3CC=C(C(F)(F)F)CC3)cc2C)cc1C. The minimum atomic E-state index is -4.22. The molecule has 0 saturated carbocycles. The van der Waals surface area contributed by atoms with Gasteiger partial charge < -0.3 is 14.2 Å². The predicted octanol–water partition coefficient (Wildman–Crippen LogP) is 7.06. The largest absolute Gasteiger partial charge is 0.493 e. The van der Waals surface area contributed by atoms with E-state index in [4.69, 9.17) is 14.2 Å². The van der Waals surface area contributed by atoms with E-state index < -0.39 is 17.7 Å². The number of alkyl halides is 3. The van der Waals surface area contributed by atoms with Crippen LogP contribution in [0, 0.1) is 19.8 Å². The molecule has 0 heterocycles. The summed E-state index contributed by atoms with van der Waals surface area (Å²) in [6, 6.07) is 11.6. The molecule has 0 saturated heterocycles. The molecular formula is C26H29F3O4S. The van der Waals surface area contributed by atoms with E-state index in [2.05, 4.69) is 0 Å². The summed E-state index contributed by atoms with van der Waals surface area (Å²) >= 11 is 1.61. The van der Waals surface area contributed by atoms with Gasteiger partial charge in [-0.3, -0.25) is 0 Å². The lowest BCUT2D eigenvalue weighted by atomic mass is 9.90. The molecule has 0 radical (unpaired) electrons. The van der Waals surface area contributed by atoms with E-state index in [-0.39, 0.29) is 18.9 Å². The molecule has 0 fully saturated rings. The quantitative estimate of drug-likeness (QED) is 0.276. The fourth-order valence-electron chi connectivity index (χ4n) is 3.65. The Morgan fingerprint density at radius 2 is 1.88 bits per heavy atom. The van der Waals surface area contributed by atoms with E-state index in [0.29, 0.717) is 37.6 Å². The number of ether oxygens (including phenoxy) is 3. The van der Waals surface area contributed by atoms with Gasteiger partial charge in [0.1, 0.15) is 11.5 Å². The maximum atomic E-state index is 12.8. The van der Waals surface area contributed by atoms with Crippen LogP contribution in [0.2, 0.25) is 0 Å². The average molecular weight is 495 g/mol. The number of benzene rings is 2. The monoisotopic (exact) mass is 494 g/mol. The van der Waals surface area contributed by atoms with Crippen molar-refractivity contribution < 1.29 is 32.2 Å². The van der Waals surface area contributed by atoms with Gasteiger partial charge in [0.15, 0.2) is 6.61 Å². The predicted molar refractivity (Wildman–Crippen MR) is 126 cm³/mol. The number of rotatable bonds is 9. The third-order valence-corrected chi connectivity index (χ3v) is 6.71. The van der Waals surface area contributed by atoms with Crippen molar-refractivity contribution in [1.82, 2.24) is 0 Å². The normalized spacial score (nSPS) is 16.1. The maximum Gasteiger partial charge on any atom is 0.412 e. The third-order valence-electron chi connectivity index (χ3n) is 5.54.